The van der Waals surface area contributed by atoms with E-state index >= 15 is 0 Å². The lowest BCUT2D eigenvalue weighted by atomic mass is 10.1. The first-order valence-electron chi connectivity index (χ1n) is 4.67. The highest BCUT2D eigenvalue weighted by Crippen LogP contribution is 2.06. The second-order valence-electron chi connectivity index (χ2n) is 4.32. The highest BCUT2D eigenvalue weighted by atomic mass is 16.6. The smallest absolute Gasteiger partial charge is 0.407 e. The lowest BCUT2D eigenvalue weighted by Gasteiger charge is -2.28. The van der Waals surface area contributed by atoms with Gasteiger partial charge in [-0.25, -0.2) is 4.79 Å². The van der Waals surface area contributed by atoms with Crippen LogP contribution in [-0.4, -0.2) is 30.8 Å². The molecule has 0 bridgehead atoms. The highest BCUT2D eigenvalue weighted by Gasteiger charge is 2.19. The first-order valence-corrected chi connectivity index (χ1v) is 4.67. The van der Waals surface area contributed by atoms with Crippen molar-refractivity contribution in [2.75, 3.05) is 13.1 Å². The van der Waals surface area contributed by atoms with Crippen LogP contribution in [0.25, 0.3) is 0 Å². The van der Waals surface area contributed by atoms with Crippen molar-refractivity contribution in [1.82, 2.24) is 10.6 Å². The molecule has 1 rings (SSSR count). The summed E-state index contributed by atoms with van der Waals surface area (Å²) in [4.78, 5) is 11.1. The zero-order valence-electron chi connectivity index (χ0n) is 8.52. The lowest BCUT2D eigenvalue weighted by Crippen LogP contribution is -2.50. The van der Waals surface area contributed by atoms with Gasteiger partial charge in [-0.3, -0.25) is 0 Å². The molecule has 13 heavy (non-hydrogen) atoms. The number of rotatable bonds is 2. The van der Waals surface area contributed by atoms with Gasteiger partial charge in [0.25, 0.3) is 0 Å². The third-order valence-electron chi connectivity index (χ3n) is 1.82. The Labute approximate surface area is 79.0 Å². The number of carbonyl (C=O) groups is 1. The highest BCUT2D eigenvalue weighted by molar-refractivity contribution is 5.67. The Hall–Kier alpha value is -0.770. The molecular weight excluding hydrogens is 168 g/mol. The Morgan fingerprint density at radius 1 is 1.62 bits per heavy atom. The number of hydrogen-bond donors (Lipinski definition) is 2. The average molecular weight is 186 g/mol. The van der Waals surface area contributed by atoms with Crippen LogP contribution in [0.5, 0.6) is 0 Å². The minimum atomic E-state index is -0.406. The number of amides is 1. The summed E-state index contributed by atoms with van der Waals surface area (Å²) >= 11 is 0. The molecule has 1 aliphatic rings. The fraction of sp³-hybridized carbons (Fsp3) is 0.889. The van der Waals surface area contributed by atoms with Gasteiger partial charge < -0.3 is 15.4 Å². The third-order valence-corrected chi connectivity index (χ3v) is 1.82. The minimum absolute atomic E-state index is 0.332. The fourth-order valence-corrected chi connectivity index (χ4v) is 1.04. The van der Waals surface area contributed by atoms with E-state index in [0.29, 0.717) is 12.6 Å². The quantitative estimate of drug-likeness (QED) is 0.673. The predicted molar refractivity (Wildman–Crippen MR) is 50.6 cm³/mol. The monoisotopic (exact) mass is 186 g/mol. The Kier molecular flexibility index (Phi) is 3.14. The first kappa shape index (κ1) is 10.3. The van der Waals surface area contributed by atoms with Gasteiger partial charge in [-0.2, -0.15) is 0 Å². The molecule has 0 aliphatic carbocycles. The van der Waals surface area contributed by atoms with E-state index in [2.05, 4.69) is 10.6 Å². The van der Waals surface area contributed by atoms with Crippen LogP contribution in [0, 0.1) is 0 Å². The van der Waals surface area contributed by atoms with Gasteiger partial charge in [0.05, 0.1) is 0 Å². The Morgan fingerprint density at radius 3 is 2.62 bits per heavy atom. The molecule has 0 unspecified atom stereocenters. The van der Waals surface area contributed by atoms with Gasteiger partial charge in [0.1, 0.15) is 5.60 Å². The molecular formula is C9H18N2O2. The van der Waals surface area contributed by atoms with Gasteiger partial charge in [-0.15, -0.1) is 0 Å². The summed E-state index contributed by atoms with van der Waals surface area (Å²) in [7, 11) is 0. The Bertz CT molecular complexity index is 183. The van der Waals surface area contributed by atoms with Crippen molar-refractivity contribution in [3.8, 4) is 0 Å². The van der Waals surface area contributed by atoms with Crippen LogP contribution in [0.1, 0.15) is 27.2 Å². The van der Waals surface area contributed by atoms with Crippen LogP contribution in [0.15, 0.2) is 0 Å². The maximum atomic E-state index is 11.1. The predicted octanol–water partition coefficient (Wildman–Crippen LogP) is 0.873. The number of nitrogens with one attached hydrogen (secondary N) is 2. The summed E-state index contributed by atoms with van der Waals surface area (Å²) in [5.74, 6) is 0. The fourth-order valence-electron chi connectivity index (χ4n) is 1.04. The van der Waals surface area contributed by atoms with Crippen LogP contribution in [0.3, 0.4) is 0 Å². The number of alkyl carbamates (subject to hydrolysis) is 1. The standard InChI is InChI=1S/C9H18N2O2/c1-9(2,3)13-8(12)11-6-7-4-5-10-7/h7,10H,4-6H2,1-3H3,(H,11,12)/t7-/m0/s1. The molecule has 0 aromatic rings. The second kappa shape index (κ2) is 3.96. The van der Waals surface area contributed by atoms with E-state index in [-0.39, 0.29) is 6.09 Å². The van der Waals surface area contributed by atoms with Crippen LogP contribution >= 0.6 is 0 Å². The largest absolute Gasteiger partial charge is 0.444 e. The number of hydrogen-bond acceptors (Lipinski definition) is 3. The van der Waals surface area contributed by atoms with E-state index in [1.54, 1.807) is 0 Å². The summed E-state index contributed by atoms with van der Waals surface area (Å²) in [6.45, 7) is 7.28. The zero-order valence-corrected chi connectivity index (χ0v) is 8.52. The molecule has 0 radical (unpaired) electrons. The van der Waals surface area contributed by atoms with Gasteiger partial charge >= 0.3 is 6.09 Å². The van der Waals surface area contributed by atoms with E-state index in [9.17, 15) is 4.79 Å². The summed E-state index contributed by atoms with van der Waals surface area (Å²) in [6.07, 6.45) is 0.802. The van der Waals surface area contributed by atoms with Gasteiger partial charge in [0.2, 0.25) is 0 Å². The van der Waals surface area contributed by atoms with Crippen molar-refractivity contribution in [2.24, 2.45) is 0 Å². The number of carbonyl (C=O) groups excluding carboxylic acids is 1. The van der Waals surface area contributed by atoms with E-state index in [4.69, 9.17) is 4.74 Å². The lowest BCUT2D eigenvalue weighted by molar-refractivity contribution is 0.0517. The van der Waals surface area contributed by atoms with Crippen molar-refractivity contribution >= 4 is 6.09 Å². The van der Waals surface area contributed by atoms with Crippen molar-refractivity contribution < 1.29 is 9.53 Å². The summed E-state index contributed by atoms with van der Waals surface area (Å²) in [5.41, 5.74) is -0.406. The van der Waals surface area contributed by atoms with Gasteiger partial charge in [0, 0.05) is 12.6 Å². The minimum Gasteiger partial charge on any atom is -0.444 e. The molecule has 2 N–H and O–H groups in total. The van der Waals surface area contributed by atoms with Gasteiger partial charge in [-0.1, -0.05) is 0 Å². The van der Waals surface area contributed by atoms with Gasteiger partial charge in [-0.05, 0) is 33.7 Å². The SMILES string of the molecule is CC(C)(C)OC(=O)NC[C@@H]1CCN1. The van der Waals surface area contributed by atoms with Crippen molar-refractivity contribution in [1.29, 1.82) is 0 Å². The number of ether oxygens (including phenoxy) is 1. The molecule has 1 amide bonds. The van der Waals surface area contributed by atoms with Crippen LogP contribution in [0.4, 0.5) is 4.79 Å². The molecule has 1 aliphatic heterocycles. The maximum absolute atomic E-state index is 11.1. The van der Waals surface area contributed by atoms with E-state index < -0.39 is 5.60 Å². The molecule has 1 atom stereocenters. The molecule has 0 aromatic heterocycles. The zero-order chi connectivity index (χ0) is 9.90. The molecule has 76 valence electrons. The molecule has 1 heterocycles. The van der Waals surface area contributed by atoms with Crippen LogP contribution in [0.2, 0.25) is 0 Å². The van der Waals surface area contributed by atoms with Crippen molar-refractivity contribution in [3.63, 3.8) is 0 Å². The molecule has 0 saturated carbocycles. The normalized spacial score (nSPS) is 21.9. The topological polar surface area (TPSA) is 50.4 Å². The molecule has 0 spiro atoms. The Morgan fingerprint density at radius 2 is 2.23 bits per heavy atom. The first-order chi connectivity index (χ1) is 5.97. The van der Waals surface area contributed by atoms with Crippen LogP contribution in [-0.2, 0) is 4.74 Å². The van der Waals surface area contributed by atoms with E-state index in [1.165, 1.54) is 0 Å². The van der Waals surface area contributed by atoms with Crippen LogP contribution < -0.4 is 10.6 Å². The Balaban J connectivity index is 2.10. The molecule has 4 nitrogen and oxygen atoms in total. The second-order valence-corrected chi connectivity index (χ2v) is 4.32. The van der Waals surface area contributed by atoms with Crippen molar-refractivity contribution in [2.45, 2.75) is 38.8 Å². The molecule has 1 fully saturated rings. The van der Waals surface area contributed by atoms with Gasteiger partial charge in [0.15, 0.2) is 0 Å². The third kappa shape index (κ3) is 4.12. The molecule has 0 aromatic carbocycles. The maximum Gasteiger partial charge on any atom is 0.407 e. The van der Waals surface area contributed by atoms with E-state index in [1.807, 2.05) is 20.8 Å². The summed E-state index contributed by atoms with van der Waals surface area (Å²) in [6, 6.07) is 0.438. The summed E-state index contributed by atoms with van der Waals surface area (Å²) in [5, 5.41) is 5.91. The summed E-state index contributed by atoms with van der Waals surface area (Å²) < 4.78 is 5.08. The molecule has 4 heteroatoms. The van der Waals surface area contributed by atoms with Crippen molar-refractivity contribution in [3.05, 3.63) is 0 Å². The molecule has 1 saturated heterocycles. The average Bonchev–Trinajstić information content (AvgIpc) is 1.78. The van der Waals surface area contributed by atoms with E-state index in [0.717, 1.165) is 13.0 Å².